The number of fused-ring (bicyclic) bond motifs is 4. The molecule has 0 heterocycles. The predicted molar refractivity (Wildman–Crippen MR) is 159 cm³/mol. The van der Waals surface area contributed by atoms with Gasteiger partial charge >= 0.3 is 0 Å². The Morgan fingerprint density at radius 2 is 0.892 bits per heavy atom. The van der Waals surface area contributed by atoms with Gasteiger partial charge in [0, 0.05) is 22.3 Å². The summed E-state index contributed by atoms with van der Waals surface area (Å²) >= 11 is 0. The smallest absolute Gasteiger partial charge is 0.0624 e. The molecule has 0 aliphatic carbocycles. The highest BCUT2D eigenvalue weighted by Crippen LogP contribution is 2.49. The number of para-hydroxylation sites is 1. The maximum Gasteiger partial charge on any atom is 0.0624 e. The average molecular weight is 472 g/mol. The van der Waals surface area contributed by atoms with E-state index in [1.807, 2.05) is 0 Å². The van der Waals surface area contributed by atoms with Crippen molar-refractivity contribution in [2.45, 2.75) is 0 Å². The molecule has 0 aromatic heterocycles. The van der Waals surface area contributed by atoms with Gasteiger partial charge in [0.1, 0.15) is 0 Å². The monoisotopic (exact) mass is 471 g/mol. The molecular weight excluding hydrogens is 446 g/mol. The number of anilines is 3. The summed E-state index contributed by atoms with van der Waals surface area (Å²) in [6.45, 7) is 0. The Kier molecular flexibility index (Phi) is 5.19. The first-order valence-corrected chi connectivity index (χ1v) is 12.7. The number of hydrogen-bond donors (Lipinski definition) is 0. The van der Waals surface area contributed by atoms with Crippen LogP contribution in [0.1, 0.15) is 0 Å². The molecule has 0 saturated heterocycles. The van der Waals surface area contributed by atoms with Crippen molar-refractivity contribution in [3.8, 4) is 11.1 Å². The van der Waals surface area contributed by atoms with Crippen molar-refractivity contribution in [1.82, 2.24) is 0 Å². The third-order valence-corrected chi connectivity index (χ3v) is 7.20. The minimum Gasteiger partial charge on any atom is -0.309 e. The van der Waals surface area contributed by atoms with Crippen molar-refractivity contribution < 1.29 is 0 Å². The lowest BCUT2D eigenvalue weighted by Gasteiger charge is -2.30. The van der Waals surface area contributed by atoms with Crippen molar-refractivity contribution in [1.29, 1.82) is 0 Å². The van der Waals surface area contributed by atoms with E-state index in [4.69, 9.17) is 0 Å². The van der Waals surface area contributed by atoms with Crippen molar-refractivity contribution in [2.75, 3.05) is 4.90 Å². The summed E-state index contributed by atoms with van der Waals surface area (Å²) in [7, 11) is 0. The fraction of sp³-hybridized carbons (Fsp3) is 0. The van der Waals surface area contributed by atoms with E-state index < -0.39 is 0 Å². The van der Waals surface area contributed by atoms with Crippen LogP contribution in [0.5, 0.6) is 0 Å². The highest BCUT2D eigenvalue weighted by Gasteiger charge is 2.23. The molecule has 7 aromatic rings. The van der Waals surface area contributed by atoms with Crippen LogP contribution < -0.4 is 4.90 Å². The van der Waals surface area contributed by atoms with Crippen LogP contribution in [0, 0.1) is 0 Å². The molecule has 1 nitrogen and oxygen atoms in total. The van der Waals surface area contributed by atoms with E-state index in [2.05, 4.69) is 157 Å². The highest BCUT2D eigenvalue weighted by atomic mass is 15.1. The topological polar surface area (TPSA) is 3.24 Å². The second-order valence-corrected chi connectivity index (χ2v) is 9.38. The summed E-state index contributed by atoms with van der Waals surface area (Å²) in [4.78, 5) is 2.43. The standard InChI is InChI=1S/C36H25N/c1-3-14-27(15-4-1)35-33-21-11-9-19-31(33)32-20-10-12-22-34(32)36(35)37(29-17-5-2-6-18-29)30-24-23-26-13-7-8-16-28(26)25-30/h1-25H. The fourth-order valence-electron chi connectivity index (χ4n) is 5.55. The molecule has 0 saturated carbocycles. The Morgan fingerprint density at radius 3 is 1.62 bits per heavy atom. The fourth-order valence-corrected chi connectivity index (χ4v) is 5.55. The second-order valence-electron chi connectivity index (χ2n) is 9.38. The van der Waals surface area contributed by atoms with Crippen molar-refractivity contribution in [3.63, 3.8) is 0 Å². The van der Waals surface area contributed by atoms with Gasteiger partial charge in [-0.3, -0.25) is 0 Å². The molecule has 37 heavy (non-hydrogen) atoms. The average Bonchev–Trinajstić information content (AvgIpc) is 2.98. The first kappa shape index (κ1) is 21.4. The van der Waals surface area contributed by atoms with Gasteiger partial charge in [0.05, 0.1) is 5.69 Å². The maximum atomic E-state index is 2.43. The van der Waals surface area contributed by atoms with Crippen LogP contribution >= 0.6 is 0 Å². The van der Waals surface area contributed by atoms with E-state index in [0.29, 0.717) is 0 Å². The summed E-state index contributed by atoms with van der Waals surface area (Å²) in [5, 5.41) is 7.49. The molecule has 0 aliphatic heterocycles. The zero-order valence-corrected chi connectivity index (χ0v) is 20.4. The SMILES string of the molecule is c1ccc(-c2c(N(c3ccccc3)c3ccc4ccccc4c3)c3ccccc3c3ccccc23)cc1. The molecule has 0 spiro atoms. The molecule has 7 rings (SSSR count). The van der Waals surface area contributed by atoms with Crippen LogP contribution in [-0.4, -0.2) is 0 Å². The van der Waals surface area contributed by atoms with E-state index in [9.17, 15) is 0 Å². The van der Waals surface area contributed by atoms with Gasteiger partial charge in [0.2, 0.25) is 0 Å². The van der Waals surface area contributed by atoms with Gasteiger partial charge in [-0.2, -0.15) is 0 Å². The van der Waals surface area contributed by atoms with E-state index >= 15 is 0 Å². The molecule has 1 heteroatoms. The van der Waals surface area contributed by atoms with Gasteiger partial charge in [-0.1, -0.05) is 127 Å². The number of benzene rings is 7. The summed E-state index contributed by atoms with van der Waals surface area (Å²) in [5.74, 6) is 0. The molecule has 0 amide bonds. The van der Waals surface area contributed by atoms with Crippen molar-refractivity contribution >= 4 is 49.4 Å². The van der Waals surface area contributed by atoms with Gasteiger partial charge in [0.15, 0.2) is 0 Å². The molecule has 0 unspecified atom stereocenters. The first-order valence-electron chi connectivity index (χ1n) is 12.7. The van der Waals surface area contributed by atoms with Gasteiger partial charge in [-0.25, -0.2) is 0 Å². The second kappa shape index (κ2) is 8.96. The Morgan fingerprint density at radius 1 is 0.351 bits per heavy atom. The Bertz CT molecular complexity index is 1870. The van der Waals surface area contributed by atoms with E-state index in [1.54, 1.807) is 0 Å². The summed E-state index contributed by atoms with van der Waals surface area (Å²) in [5.41, 5.74) is 5.92. The lowest BCUT2D eigenvalue weighted by molar-refractivity contribution is 1.31. The molecule has 0 N–H and O–H groups in total. The molecule has 0 bridgehead atoms. The maximum absolute atomic E-state index is 2.43. The van der Waals surface area contributed by atoms with Gasteiger partial charge < -0.3 is 4.90 Å². The third-order valence-electron chi connectivity index (χ3n) is 7.20. The van der Waals surface area contributed by atoms with E-state index in [-0.39, 0.29) is 0 Å². The molecule has 0 atom stereocenters. The molecule has 174 valence electrons. The molecular formula is C36H25N. The van der Waals surface area contributed by atoms with Crippen LogP contribution in [0.2, 0.25) is 0 Å². The van der Waals surface area contributed by atoms with Crippen molar-refractivity contribution in [3.05, 3.63) is 152 Å². The molecule has 7 aromatic carbocycles. The summed E-state index contributed by atoms with van der Waals surface area (Å²) in [6.07, 6.45) is 0. The van der Waals surface area contributed by atoms with Crippen LogP contribution in [0.25, 0.3) is 43.4 Å². The molecule has 0 fully saturated rings. The lowest BCUT2D eigenvalue weighted by Crippen LogP contribution is -2.12. The number of rotatable bonds is 4. The Labute approximate surface area is 216 Å². The van der Waals surface area contributed by atoms with Crippen molar-refractivity contribution in [2.24, 2.45) is 0 Å². The zero-order valence-electron chi connectivity index (χ0n) is 20.4. The summed E-state index contributed by atoms with van der Waals surface area (Å²) in [6, 6.07) is 54.5. The predicted octanol–water partition coefficient (Wildman–Crippen LogP) is 10.3. The normalized spacial score (nSPS) is 11.2. The van der Waals surface area contributed by atoms with Crippen LogP contribution in [0.15, 0.2) is 152 Å². The molecule has 0 aliphatic rings. The number of hydrogen-bond acceptors (Lipinski definition) is 1. The lowest BCUT2D eigenvalue weighted by atomic mass is 9.90. The van der Waals surface area contributed by atoms with E-state index in [0.717, 1.165) is 11.4 Å². The van der Waals surface area contributed by atoms with Crippen LogP contribution in [0.4, 0.5) is 17.1 Å². The Hall–Kier alpha value is -4.88. The van der Waals surface area contributed by atoms with E-state index in [1.165, 1.54) is 49.1 Å². The van der Waals surface area contributed by atoms with Gasteiger partial charge in [-0.05, 0) is 56.8 Å². The van der Waals surface area contributed by atoms with Gasteiger partial charge in [0.25, 0.3) is 0 Å². The molecule has 0 radical (unpaired) electrons. The third kappa shape index (κ3) is 3.64. The highest BCUT2D eigenvalue weighted by molar-refractivity contribution is 6.22. The quantitative estimate of drug-likeness (QED) is 0.231. The largest absolute Gasteiger partial charge is 0.309 e. The number of nitrogens with zero attached hydrogens (tertiary/aromatic N) is 1. The van der Waals surface area contributed by atoms with Gasteiger partial charge in [-0.15, -0.1) is 0 Å². The first-order chi connectivity index (χ1) is 18.4. The van der Waals surface area contributed by atoms with Crippen LogP contribution in [-0.2, 0) is 0 Å². The summed E-state index contributed by atoms with van der Waals surface area (Å²) < 4.78 is 0. The Balaban J connectivity index is 1.66. The zero-order chi connectivity index (χ0) is 24.6. The van der Waals surface area contributed by atoms with Crippen LogP contribution in [0.3, 0.4) is 0 Å². The minimum absolute atomic E-state index is 1.13. The minimum atomic E-state index is 1.13.